The molecule has 5 heteroatoms. The Morgan fingerprint density at radius 3 is 2.60 bits per heavy atom. The van der Waals surface area contributed by atoms with Gasteiger partial charge in [-0.05, 0) is 37.5 Å². The largest absolute Gasteiger partial charge is 0.481 e. The van der Waals surface area contributed by atoms with Crippen LogP contribution in [0.3, 0.4) is 0 Å². The molecule has 1 saturated heterocycles. The number of likely N-dealkylation sites (tertiary alicyclic amines) is 1. The van der Waals surface area contributed by atoms with Crippen LogP contribution >= 0.6 is 0 Å². The number of urea groups is 1. The summed E-state index contributed by atoms with van der Waals surface area (Å²) in [5.74, 6) is -1.19. The standard InChI is InChI=1S/C15H26N2O3/c1-2-15(7-3-4-8-15)11-16-14(20)17-9-5-6-12(10-17)13(18)19/h12H,2-11H2,1H3,(H,16,20)(H,18,19)/t12-/m1/s1. The van der Waals surface area contributed by atoms with Crippen LogP contribution < -0.4 is 5.32 Å². The minimum atomic E-state index is -0.789. The maximum atomic E-state index is 12.2. The molecule has 0 aromatic heterocycles. The normalized spacial score (nSPS) is 25.4. The summed E-state index contributed by atoms with van der Waals surface area (Å²) in [6, 6.07) is -0.0873. The summed E-state index contributed by atoms with van der Waals surface area (Å²) in [4.78, 5) is 24.9. The Bertz CT molecular complexity index is 364. The van der Waals surface area contributed by atoms with E-state index in [0.717, 1.165) is 19.4 Å². The summed E-state index contributed by atoms with van der Waals surface area (Å²) >= 11 is 0. The number of hydrogen-bond donors (Lipinski definition) is 2. The van der Waals surface area contributed by atoms with Crippen molar-refractivity contribution in [3.63, 3.8) is 0 Å². The molecule has 2 aliphatic rings. The Balaban J connectivity index is 1.83. The van der Waals surface area contributed by atoms with E-state index >= 15 is 0 Å². The highest BCUT2D eigenvalue weighted by atomic mass is 16.4. The molecule has 1 heterocycles. The van der Waals surface area contributed by atoms with Gasteiger partial charge in [-0.15, -0.1) is 0 Å². The molecule has 1 saturated carbocycles. The second-order valence-electron chi connectivity index (χ2n) is 6.34. The fraction of sp³-hybridized carbons (Fsp3) is 0.867. The lowest BCUT2D eigenvalue weighted by Gasteiger charge is -2.33. The minimum absolute atomic E-state index is 0.0873. The first-order chi connectivity index (χ1) is 9.56. The van der Waals surface area contributed by atoms with Gasteiger partial charge in [0.15, 0.2) is 0 Å². The number of piperidine rings is 1. The smallest absolute Gasteiger partial charge is 0.317 e. The molecule has 0 unspecified atom stereocenters. The van der Waals surface area contributed by atoms with Gasteiger partial charge in [0, 0.05) is 19.6 Å². The van der Waals surface area contributed by atoms with E-state index in [1.807, 2.05) is 0 Å². The third kappa shape index (κ3) is 3.44. The number of carbonyl (C=O) groups is 2. The highest BCUT2D eigenvalue weighted by Gasteiger charge is 2.33. The summed E-state index contributed by atoms with van der Waals surface area (Å²) in [6.07, 6.45) is 7.47. The van der Waals surface area contributed by atoms with Gasteiger partial charge in [0.05, 0.1) is 5.92 Å². The van der Waals surface area contributed by atoms with E-state index < -0.39 is 11.9 Å². The van der Waals surface area contributed by atoms with Crippen LogP contribution in [-0.2, 0) is 4.79 Å². The molecule has 1 aliphatic carbocycles. The Kier molecular flexibility index (Phi) is 4.89. The zero-order valence-corrected chi connectivity index (χ0v) is 12.4. The summed E-state index contributed by atoms with van der Waals surface area (Å²) in [5.41, 5.74) is 0.275. The second kappa shape index (κ2) is 6.46. The first kappa shape index (κ1) is 15.1. The lowest BCUT2D eigenvalue weighted by atomic mass is 9.83. The monoisotopic (exact) mass is 282 g/mol. The number of aliphatic carboxylic acids is 1. The van der Waals surface area contributed by atoms with E-state index in [-0.39, 0.29) is 11.4 Å². The molecule has 1 atom stereocenters. The first-order valence-corrected chi connectivity index (χ1v) is 7.82. The molecular formula is C15H26N2O3. The molecule has 1 aliphatic heterocycles. The Hall–Kier alpha value is -1.26. The Labute approximate surface area is 120 Å². The fourth-order valence-electron chi connectivity index (χ4n) is 3.52. The van der Waals surface area contributed by atoms with Crippen molar-refractivity contribution < 1.29 is 14.7 Å². The first-order valence-electron chi connectivity index (χ1n) is 7.82. The fourth-order valence-corrected chi connectivity index (χ4v) is 3.52. The Morgan fingerprint density at radius 1 is 1.30 bits per heavy atom. The Morgan fingerprint density at radius 2 is 2.00 bits per heavy atom. The summed E-state index contributed by atoms with van der Waals surface area (Å²) in [5, 5.41) is 12.1. The van der Waals surface area contributed by atoms with Crippen molar-refractivity contribution in [2.24, 2.45) is 11.3 Å². The molecular weight excluding hydrogens is 256 g/mol. The topological polar surface area (TPSA) is 69.6 Å². The molecule has 2 rings (SSSR count). The van der Waals surface area contributed by atoms with Crippen molar-refractivity contribution >= 4 is 12.0 Å². The molecule has 0 aromatic rings. The van der Waals surface area contributed by atoms with Crippen molar-refractivity contribution in [3.8, 4) is 0 Å². The van der Waals surface area contributed by atoms with Crippen LogP contribution in [0.2, 0.25) is 0 Å². The van der Waals surface area contributed by atoms with Crippen LogP contribution in [0.1, 0.15) is 51.9 Å². The van der Waals surface area contributed by atoms with Gasteiger partial charge in [0.25, 0.3) is 0 Å². The van der Waals surface area contributed by atoms with Gasteiger partial charge in [-0.2, -0.15) is 0 Å². The number of nitrogens with one attached hydrogen (secondary N) is 1. The molecule has 20 heavy (non-hydrogen) atoms. The third-order valence-electron chi connectivity index (χ3n) is 5.09. The number of hydrogen-bond acceptors (Lipinski definition) is 2. The average Bonchev–Trinajstić information content (AvgIpc) is 2.94. The molecule has 114 valence electrons. The van der Waals surface area contributed by atoms with E-state index in [1.165, 1.54) is 25.7 Å². The van der Waals surface area contributed by atoms with Crippen molar-refractivity contribution in [2.45, 2.75) is 51.9 Å². The molecule has 2 fully saturated rings. The van der Waals surface area contributed by atoms with E-state index in [0.29, 0.717) is 19.5 Å². The van der Waals surface area contributed by atoms with E-state index in [2.05, 4.69) is 12.2 Å². The van der Waals surface area contributed by atoms with Gasteiger partial charge in [-0.25, -0.2) is 4.79 Å². The summed E-state index contributed by atoms with van der Waals surface area (Å²) in [6.45, 7) is 3.95. The van der Waals surface area contributed by atoms with Gasteiger partial charge in [0.1, 0.15) is 0 Å². The van der Waals surface area contributed by atoms with Crippen LogP contribution in [0.15, 0.2) is 0 Å². The van der Waals surface area contributed by atoms with Crippen molar-refractivity contribution in [1.82, 2.24) is 10.2 Å². The predicted octanol–water partition coefficient (Wildman–Crippen LogP) is 2.46. The highest BCUT2D eigenvalue weighted by molar-refractivity contribution is 5.76. The lowest BCUT2D eigenvalue weighted by Crippen LogP contribution is -2.49. The zero-order valence-electron chi connectivity index (χ0n) is 12.4. The van der Waals surface area contributed by atoms with Crippen molar-refractivity contribution in [2.75, 3.05) is 19.6 Å². The van der Waals surface area contributed by atoms with Gasteiger partial charge in [-0.1, -0.05) is 19.8 Å². The molecule has 0 bridgehead atoms. The van der Waals surface area contributed by atoms with Gasteiger partial charge in [-0.3, -0.25) is 4.79 Å². The lowest BCUT2D eigenvalue weighted by molar-refractivity contribution is -0.143. The van der Waals surface area contributed by atoms with Gasteiger partial charge in [0.2, 0.25) is 0 Å². The second-order valence-corrected chi connectivity index (χ2v) is 6.34. The van der Waals surface area contributed by atoms with Crippen LogP contribution in [0.5, 0.6) is 0 Å². The number of rotatable bonds is 4. The van der Waals surface area contributed by atoms with Gasteiger partial charge < -0.3 is 15.3 Å². The molecule has 0 aromatic carbocycles. The molecule has 0 radical (unpaired) electrons. The molecule has 2 amide bonds. The SMILES string of the molecule is CCC1(CNC(=O)N2CCC[C@@H](C(=O)O)C2)CCCC1. The van der Waals surface area contributed by atoms with Gasteiger partial charge >= 0.3 is 12.0 Å². The van der Waals surface area contributed by atoms with Crippen LogP contribution in [0.25, 0.3) is 0 Å². The zero-order chi connectivity index (χ0) is 14.6. The van der Waals surface area contributed by atoms with E-state index in [1.54, 1.807) is 4.90 Å². The van der Waals surface area contributed by atoms with Crippen LogP contribution in [-0.4, -0.2) is 41.6 Å². The maximum Gasteiger partial charge on any atom is 0.317 e. The predicted molar refractivity (Wildman–Crippen MR) is 76.5 cm³/mol. The van der Waals surface area contributed by atoms with Crippen molar-refractivity contribution in [1.29, 1.82) is 0 Å². The number of carboxylic acids is 1. The maximum absolute atomic E-state index is 12.2. The van der Waals surface area contributed by atoms with Crippen LogP contribution in [0, 0.1) is 11.3 Å². The minimum Gasteiger partial charge on any atom is -0.481 e. The molecule has 5 nitrogen and oxygen atoms in total. The summed E-state index contributed by atoms with van der Waals surface area (Å²) in [7, 11) is 0. The van der Waals surface area contributed by atoms with E-state index in [4.69, 9.17) is 5.11 Å². The number of nitrogens with zero attached hydrogens (tertiary/aromatic N) is 1. The van der Waals surface area contributed by atoms with E-state index in [9.17, 15) is 9.59 Å². The quantitative estimate of drug-likeness (QED) is 0.832. The van der Waals surface area contributed by atoms with Crippen molar-refractivity contribution in [3.05, 3.63) is 0 Å². The van der Waals surface area contributed by atoms with Crippen LogP contribution in [0.4, 0.5) is 4.79 Å². The highest BCUT2D eigenvalue weighted by Crippen LogP contribution is 2.40. The third-order valence-corrected chi connectivity index (χ3v) is 5.09. The number of carbonyl (C=O) groups excluding carboxylic acids is 1. The number of amides is 2. The summed E-state index contributed by atoms with van der Waals surface area (Å²) < 4.78 is 0. The molecule has 2 N–H and O–H groups in total. The molecule has 0 spiro atoms. The number of carboxylic acid groups (broad SMARTS) is 1. The average molecular weight is 282 g/mol.